The van der Waals surface area contributed by atoms with Crippen LogP contribution in [0.5, 0.6) is 5.75 Å². The van der Waals surface area contributed by atoms with Gasteiger partial charge in [-0.3, -0.25) is 14.4 Å². The first-order chi connectivity index (χ1) is 14.6. The van der Waals surface area contributed by atoms with Gasteiger partial charge in [-0.05, 0) is 50.3 Å². The maximum Gasteiger partial charge on any atom is 0.308 e. The molecule has 0 spiro atoms. The minimum absolute atomic E-state index is 0.0704. The summed E-state index contributed by atoms with van der Waals surface area (Å²) in [5, 5.41) is 2.76. The Morgan fingerprint density at radius 1 is 1.20 bits per heavy atom. The van der Waals surface area contributed by atoms with Gasteiger partial charge in [0.2, 0.25) is 5.91 Å². The molecule has 1 aromatic rings. The van der Waals surface area contributed by atoms with E-state index >= 15 is 0 Å². The standard InChI is InChI=1S/C23H32N2O5/c1-2-3-14-29-19-11-7-8-17(15-19)23(28)25-13-12-24-22(27)20(25)16-21(26)30-18-9-5-4-6-10-18/h7-8,11,15,18,20H,2-6,9-10,12-14,16H2,1H3,(H,24,27). The third kappa shape index (κ3) is 5.97. The van der Waals surface area contributed by atoms with Crippen LogP contribution in [0.4, 0.5) is 0 Å². The number of rotatable bonds is 8. The van der Waals surface area contributed by atoms with E-state index in [4.69, 9.17) is 9.47 Å². The van der Waals surface area contributed by atoms with Crippen LogP contribution in [0.2, 0.25) is 0 Å². The van der Waals surface area contributed by atoms with Gasteiger partial charge in [-0.15, -0.1) is 0 Å². The molecule has 1 aliphatic heterocycles. The highest BCUT2D eigenvalue weighted by atomic mass is 16.5. The summed E-state index contributed by atoms with van der Waals surface area (Å²) in [6, 6.07) is 6.13. The molecule has 0 radical (unpaired) electrons. The summed E-state index contributed by atoms with van der Waals surface area (Å²) in [6.45, 7) is 3.40. The number of hydrogen-bond donors (Lipinski definition) is 1. The SMILES string of the molecule is CCCCOc1cccc(C(=O)N2CCNC(=O)C2CC(=O)OC2CCCCC2)c1. The molecule has 2 fully saturated rings. The summed E-state index contributed by atoms with van der Waals surface area (Å²) >= 11 is 0. The Balaban J connectivity index is 1.66. The van der Waals surface area contributed by atoms with Gasteiger partial charge in [0.05, 0.1) is 13.0 Å². The fourth-order valence-electron chi connectivity index (χ4n) is 3.95. The van der Waals surface area contributed by atoms with Crippen molar-refractivity contribution in [1.29, 1.82) is 0 Å². The van der Waals surface area contributed by atoms with Gasteiger partial charge in [-0.25, -0.2) is 0 Å². The lowest BCUT2D eigenvalue weighted by atomic mass is 9.98. The number of nitrogens with one attached hydrogen (secondary N) is 1. The summed E-state index contributed by atoms with van der Waals surface area (Å²) in [4.78, 5) is 39.6. The zero-order valence-electron chi connectivity index (χ0n) is 17.7. The van der Waals surface area contributed by atoms with Crippen LogP contribution in [0.3, 0.4) is 0 Å². The smallest absolute Gasteiger partial charge is 0.308 e. The Morgan fingerprint density at radius 2 is 2.00 bits per heavy atom. The van der Waals surface area contributed by atoms with Crippen LogP contribution in [0.25, 0.3) is 0 Å². The molecule has 1 atom stereocenters. The lowest BCUT2D eigenvalue weighted by molar-refractivity contribution is -0.153. The van der Waals surface area contributed by atoms with Crippen molar-refractivity contribution in [3.8, 4) is 5.75 Å². The van der Waals surface area contributed by atoms with E-state index in [1.165, 1.54) is 11.3 Å². The zero-order valence-corrected chi connectivity index (χ0v) is 17.7. The van der Waals surface area contributed by atoms with Gasteiger partial charge >= 0.3 is 5.97 Å². The fraction of sp³-hybridized carbons (Fsp3) is 0.609. The zero-order chi connectivity index (χ0) is 21.3. The second-order valence-electron chi connectivity index (χ2n) is 7.99. The Hall–Kier alpha value is -2.57. The van der Waals surface area contributed by atoms with Crippen LogP contribution in [0, 0.1) is 0 Å². The predicted octanol–water partition coefficient (Wildman–Crippen LogP) is 3.07. The van der Waals surface area contributed by atoms with E-state index in [0.717, 1.165) is 38.5 Å². The van der Waals surface area contributed by atoms with E-state index in [0.29, 0.717) is 31.0 Å². The third-order valence-corrected chi connectivity index (χ3v) is 5.65. The fourth-order valence-corrected chi connectivity index (χ4v) is 3.95. The van der Waals surface area contributed by atoms with E-state index in [2.05, 4.69) is 12.2 Å². The van der Waals surface area contributed by atoms with Crippen molar-refractivity contribution in [3.05, 3.63) is 29.8 Å². The van der Waals surface area contributed by atoms with Crippen LogP contribution in [0.1, 0.15) is 68.6 Å². The number of hydrogen-bond acceptors (Lipinski definition) is 5. The maximum atomic E-state index is 13.1. The Labute approximate surface area is 178 Å². The van der Waals surface area contributed by atoms with E-state index in [1.807, 2.05) is 6.07 Å². The van der Waals surface area contributed by atoms with Crippen LogP contribution in [-0.2, 0) is 14.3 Å². The van der Waals surface area contributed by atoms with Gasteiger partial charge in [0.15, 0.2) is 0 Å². The van der Waals surface area contributed by atoms with Crippen molar-refractivity contribution < 1.29 is 23.9 Å². The molecule has 1 aromatic carbocycles. The molecule has 1 saturated carbocycles. The lowest BCUT2D eigenvalue weighted by Crippen LogP contribution is -2.58. The molecular weight excluding hydrogens is 384 g/mol. The van der Waals surface area contributed by atoms with Crippen LogP contribution >= 0.6 is 0 Å². The quantitative estimate of drug-likeness (QED) is 0.520. The van der Waals surface area contributed by atoms with Crippen molar-refractivity contribution >= 4 is 17.8 Å². The minimum atomic E-state index is -0.855. The van der Waals surface area contributed by atoms with Gasteiger partial charge < -0.3 is 19.7 Å². The second kappa shape index (κ2) is 11.0. The normalized spacial score (nSPS) is 19.8. The molecule has 1 N–H and O–H groups in total. The average molecular weight is 417 g/mol. The number of carbonyl (C=O) groups excluding carboxylic acids is 3. The first-order valence-electron chi connectivity index (χ1n) is 11.1. The van der Waals surface area contributed by atoms with Crippen molar-refractivity contribution in [2.24, 2.45) is 0 Å². The molecule has 1 aliphatic carbocycles. The predicted molar refractivity (Wildman–Crippen MR) is 112 cm³/mol. The molecule has 1 saturated heterocycles. The number of piperazine rings is 1. The summed E-state index contributed by atoms with van der Waals surface area (Å²) < 4.78 is 11.3. The molecule has 0 bridgehead atoms. The molecule has 1 heterocycles. The molecule has 0 aromatic heterocycles. The van der Waals surface area contributed by atoms with E-state index in [1.54, 1.807) is 18.2 Å². The Kier molecular flexibility index (Phi) is 8.11. The number of nitrogens with zero attached hydrogens (tertiary/aromatic N) is 1. The van der Waals surface area contributed by atoms with Gasteiger partial charge in [0.25, 0.3) is 5.91 Å². The highest BCUT2D eigenvalue weighted by Gasteiger charge is 2.36. The molecule has 1 unspecified atom stereocenters. The second-order valence-corrected chi connectivity index (χ2v) is 7.99. The molecule has 30 heavy (non-hydrogen) atoms. The molecular formula is C23H32N2O5. The summed E-state index contributed by atoms with van der Waals surface area (Å²) in [6.07, 6.45) is 6.80. The molecule has 2 amide bonds. The first kappa shape index (κ1) is 22.1. The third-order valence-electron chi connectivity index (χ3n) is 5.65. The van der Waals surface area contributed by atoms with Crippen molar-refractivity contribution in [3.63, 3.8) is 0 Å². The Bertz CT molecular complexity index is 745. The minimum Gasteiger partial charge on any atom is -0.494 e. The Morgan fingerprint density at radius 3 is 2.77 bits per heavy atom. The topological polar surface area (TPSA) is 84.9 Å². The van der Waals surface area contributed by atoms with Crippen molar-refractivity contribution in [2.45, 2.75) is 70.4 Å². The van der Waals surface area contributed by atoms with E-state index in [9.17, 15) is 14.4 Å². The summed E-state index contributed by atoms with van der Waals surface area (Å²) in [5.41, 5.74) is 0.448. The molecule has 7 heteroatoms. The van der Waals surface area contributed by atoms with Gasteiger partial charge in [0.1, 0.15) is 17.9 Å². The van der Waals surface area contributed by atoms with Crippen LogP contribution < -0.4 is 10.1 Å². The number of ether oxygens (including phenoxy) is 2. The highest BCUT2D eigenvalue weighted by molar-refractivity contribution is 5.99. The van der Waals surface area contributed by atoms with Crippen molar-refractivity contribution in [2.75, 3.05) is 19.7 Å². The average Bonchev–Trinajstić information content (AvgIpc) is 2.76. The number of amides is 2. The van der Waals surface area contributed by atoms with Gasteiger partial charge in [-0.1, -0.05) is 25.8 Å². The van der Waals surface area contributed by atoms with Crippen molar-refractivity contribution in [1.82, 2.24) is 10.2 Å². The highest BCUT2D eigenvalue weighted by Crippen LogP contribution is 2.22. The lowest BCUT2D eigenvalue weighted by Gasteiger charge is -2.35. The maximum absolute atomic E-state index is 13.1. The van der Waals surface area contributed by atoms with Crippen LogP contribution in [0.15, 0.2) is 24.3 Å². The monoisotopic (exact) mass is 416 g/mol. The number of esters is 1. The first-order valence-corrected chi connectivity index (χ1v) is 11.1. The summed E-state index contributed by atoms with van der Waals surface area (Å²) in [7, 11) is 0. The van der Waals surface area contributed by atoms with Gasteiger partial charge in [-0.2, -0.15) is 0 Å². The van der Waals surface area contributed by atoms with E-state index in [-0.39, 0.29) is 24.3 Å². The molecule has 164 valence electrons. The molecule has 3 rings (SSSR count). The number of benzene rings is 1. The van der Waals surface area contributed by atoms with Crippen LogP contribution in [-0.4, -0.2) is 54.5 Å². The molecule has 7 nitrogen and oxygen atoms in total. The number of carbonyl (C=O) groups is 3. The van der Waals surface area contributed by atoms with E-state index < -0.39 is 12.0 Å². The van der Waals surface area contributed by atoms with Gasteiger partial charge in [0, 0.05) is 18.7 Å². The molecule has 2 aliphatic rings. The number of unbranched alkanes of at least 4 members (excludes halogenated alkanes) is 1. The largest absolute Gasteiger partial charge is 0.494 e. The summed E-state index contributed by atoms with van der Waals surface area (Å²) in [5.74, 6) is -0.380.